The summed E-state index contributed by atoms with van der Waals surface area (Å²) < 4.78 is 16.4. The second-order valence-electron chi connectivity index (χ2n) is 7.70. The lowest BCUT2D eigenvalue weighted by Crippen LogP contribution is -2.08. The Morgan fingerprint density at radius 1 is 0.794 bits per heavy atom. The van der Waals surface area contributed by atoms with E-state index >= 15 is 0 Å². The maximum Gasteiger partial charge on any atom is 0.343 e. The van der Waals surface area contributed by atoms with E-state index in [-0.39, 0.29) is 11.5 Å². The Bertz CT molecular complexity index is 1390. The molecule has 1 heterocycles. The molecule has 0 atom stereocenters. The summed E-state index contributed by atoms with van der Waals surface area (Å²) in [6, 6.07) is 29.3. The van der Waals surface area contributed by atoms with Crippen LogP contribution in [0, 0.1) is 0 Å². The molecule has 5 heteroatoms. The van der Waals surface area contributed by atoms with Crippen LogP contribution in [-0.2, 0) is 0 Å². The third-order valence-corrected chi connectivity index (χ3v) is 5.49. The van der Waals surface area contributed by atoms with Crippen molar-refractivity contribution < 1.29 is 23.8 Å². The van der Waals surface area contributed by atoms with Crippen LogP contribution in [0.3, 0.4) is 0 Å². The predicted molar refractivity (Wildman–Crippen MR) is 129 cm³/mol. The number of carbonyl (C=O) groups is 2. The van der Waals surface area contributed by atoms with Gasteiger partial charge in [-0.1, -0.05) is 54.6 Å². The van der Waals surface area contributed by atoms with Crippen LogP contribution in [-0.4, -0.2) is 18.9 Å². The molecule has 0 aliphatic carbocycles. The number of Topliss-reactive ketones (excluding diaryl/α,β-unsaturated/α-hetero) is 1. The number of ether oxygens (including phenoxy) is 3. The third kappa shape index (κ3) is 4.32. The van der Waals surface area contributed by atoms with Gasteiger partial charge in [-0.2, -0.15) is 0 Å². The van der Waals surface area contributed by atoms with Gasteiger partial charge in [-0.3, -0.25) is 4.79 Å². The molecule has 0 aromatic heterocycles. The van der Waals surface area contributed by atoms with Crippen molar-refractivity contribution in [1.29, 1.82) is 0 Å². The quantitative estimate of drug-likeness (QED) is 0.207. The Kier molecular flexibility index (Phi) is 5.67. The summed E-state index contributed by atoms with van der Waals surface area (Å²) in [4.78, 5) is 25.2. The van der Waals surface area contributed by atoms with Gasteiger partial charge in [0.05, 0.1) is 18.2 Å². The summed E-state index contributed by atoms with van der Waals surface area (Å²) in [5.74, 6) is 0.797. The van der Waals surface area contributed by atoms with E-state index in [1.165, 1.54) is 0 Å². The molecule has 0 unspecified atom stereocenters. The van der Waals surface area contributed by atoms with E-state index < -0.39 is 5.97 Å². The van der Waals surface area contributed by atoms with Gasteiger partial charge in [-0.25, -0.2) is 4.79 Å². The minimum absolute atomic E-state index is 0.213. The average molecular weight is 448 g/mol. The smallest absolute Gasteiger partial charge is 0.343 e. The van der Waals surface area contributed by atoms with E-state index in [4.69, 9.17) is 14.2 Å². The van der Waals surface area contributed by atoms with E-state index in [1.54, 1.807) is 55.7 Å². The van der Waals surface area contributed by atoms with Gasteiger partial charge < -0.3 is 14.2 Å². The van der Waals surface area contributed by atoms with Gasteiger partial charge in [-0.05, 0) is 59.2 Å². The SMILES string of the molecule is COc1ccc(C(=O)Oc2ccc3c(c2)OC(=Cc2ccc(-c4ccccc4)cc2)C3=O)cc1. The third-order valence-electron chi connectivity index (χ3n) is 5.49. The Hall–Kier alpha value is -4.64. The molecule has 1 aliphatic rings. The van der Waals surface area contributed by atoms with Gasteiger partial charge >= 0.3 is 5.97 Å². The average Bonchev–Trinajstić information content (AvgIpc) is 3.19. The van der Waals surface area contributed by atoms with E-state index in [0.717, 1.165) is 16.7 Å². The molecule has 0 fully saturated rings. The first-order valence-corrected chi connectivity index (χ1v) is 10.7. The van der Waals surface area contributed by atoms with Gasteiger partial charge in [0, 0.05) is 6.07 Å². The van der Waals surface area contributed by atoms with Gasteiger partial charge in [0.15, 0.2) is 5.76 Å². The zero-order valence-electron chi connectivity index (χ0n) is 18.4. The Labute approximate surface area is 196 Å². The molecular weight excluding hydrogens is 428 g/mol. The number of hydrogen-bond donors (Lipinski definition) is 0. The molecule has 0 N–H and O–H groups in total. The van der Waals surface area contributed by atoms with Crippen LogP contribution in [0.1, 0.15) is 26.3 Å². The number of ketones is 1. The van der Waals surface area contributed by atoms with Gasteiger partial charge in [0.1, 0.15) is 17.2 Å². The van der Waals surface area contributed by atoms with Crippen molar-refractivity contribution in [3.05, 3.63) is 120 Å². The Balaban J connectivity index is 1.31. The first kappa shape index (κ1) is 21.2. The van der Waals surface area contributed by atoms with Gasteiger partial charge in [-0.15, -0.1) is 0 Å². The van der Waals surface area contributed by atoms with Crippen molar-refractivity contribution in [1.82, 2.24) is 0 Å². The van der Waals surface area contributed by atoms with E-state index in [1.807, 2.05) is 54.6 Å². The highest BCUT2D eigenvalue weighted by molar-refractivity contribution is 6.14. The number of fused-ring (bicyclic) bond motifs is 1. The van der Waals surface area contributed by atoms with Crippen LogP contribution < -0.4 is 14.2 Å². The van der Waals surface area contributed by atoms with E-state index in [0.29, 0.717) is 28.4 Å². The van der Waals surface area contributed by atoms with Crippen molar-refractivity contribution >= 4 is 17.8 Å². The Morgan fingerprint density at radius 3 is 2.18 bits per heavy atom. The molecule has 5 rings (SSSR count). The van der Waals surface area contributed by atoms with Crippen LogP contribution >= 0.6 is 0 Å². The fourth-order valence-corrected chi connectivity index (χ4v) is 3.68. The lowest BCUT2D eigenvalue weighted by molar-refractivity contribution is 0.0734. The second-order valence-corrected chi connectivity index (χ2v) is 7.70. The summed E-state index contributed by atoms with van der Waals surface area (Å²) in [6.07, 6.45) is 1.71. The fraction of sp³-hybridized carbons (Fsp3) is 0.0345. The van der Waals surface area contributed by atoms with Crippen molar-refractivity contribution in [3.8, 4) is 28.4 Å². The molecule has 34 heavy (non-hydrogen) atoms. The summed E-state index contributed by atoms with van der Waals surface area (Å²) in [5.41, 5.74) is 3.88. The highest BCUT2D eigenvalue weighted by Crippen LogP contribution is 2.35. The number of rotatable bonds is 5. The largest absolute Gasteiger partial charge is 0.497 e. The fourth-order valence-electron chi connectivity index (χ4n) is 3.68. The molecule has 1 aliphatic heterocycles. The first-order valence-electron chi connectivity index (χ1n) is 10.7. The molecule has 166 valence electrons. The highest BCUT2D eigenvalue weighted by Gasteiger charge is 2.28. The van der Waals surface area contributed by atoms with E-state index in [9.17, 15) is 9.59 Å². The van der Waals surface area contributed by atoms with Crippen LogP contribution in [0.4, 0.5) is 0 Å². The minimum atomic E-state index is -0.513. The molecule has 4 aromatic rings. The highest BCUT2D eigenvalue weighted by atomic mass is 16.5. The summed E-state index contributed by atoms with van der Waals surface area (Å²) in [7, 11) is 1.56. The van der Waals surface area contributed by atoms with Crippen LogP contribution in [0.15, 0.2) is 103 Å². The van der Waals surface area contributed by atoms with Crippen LogP contribution in [0.5, 0.6) is 17.2 Å². The summed E-state index contributed by atoms with van der Waals surface area (Å²) in [6.45, 7) is 0. The zero-order chi connectivity index (χ0) is 23.5. The summed E-state index contributed by atoms with van der Waals surface area (Å²) in [5, 5.41) is 0. The number of methoxy groups -OCH3 is 1. The van der Waals surface area contributed by atoms with Crippen molar-refractivity contribution in [2.75, 3.05) is 7.11 Å². The van der Waals surface area contributed by atoms with Crippen molar-refractivity contribution in [2.24, 2.45) is 0 Å². The van der Waals surface area contributed by atoms with Crippen molar-refractivity contribution in [3.63, 3.8) is 0 Å². The molecule has 0 saturated carbocycles. The normalized spacial score (nSPS) is 13.3. The standard InChI is InChI=1S/C29H20O5/c1-32-23-13-11-22(12-14-23)29(31)33-24-15-16-25-26(18-24)34-27(28(25)30)17-19-7-9-21(10-8-19)20-5-3-2-4-6-20/h2-18H,1H3. The topological polar surface area (TPSA) is 61.8 Å². The molecule has 0 bridgehead atoms. The minimum Gasteiger partial charge on any atom is -0.497 e. The molecule has 5 nitrogen and oxygen atoms in total. The first-order chi connectivity index (χ1) is 16.6. The van der Waals surface area contributed by atoms with Crippen LogP contribution in [0.2, 0.25) is 0 Å². The second kappa shape index (κ2) is 9.08. The molecular formula is C29H20O5. The number of hydrogen-bond acceptors (Lipinski definition) is 5. The van der Waals surface area contributed by atoms with Crippen LogP contribution in [0.25, 0.3) is 17.2 Å². The van der Waals surface area contributed by atoms with E-state index in [2.05, 4.69) is 0 Å². The van der Waals surface area contributed by atoms with Gasteiger partial charge in [0.2, 0.25) is 5.78 Å². The molecule has 4 aromatic carbocycles. The number of benzene rings is 4. The summed E-state index contributed by atoms with van der Waals surface area (Å²) >= 11 is 0. The Morgan fingerprint density at radius 2 is 1.47 bits per heavy atom. The number of carbonyl (C=O) groups excluding carboxylic acids is 2. The lowest BCUT2D eigenvalue weighted by Gasteiger charge is -2.06. The zero-order valence-corrected chi connectivity index (χ0v) is 18.4. The molecule has 0 radical (unpaired) electrons. The van der Waals surface area contributed by atoms with Gasteiger partial charge in [0.25, 0.3) is 0 Å². The lowest BCUT2D eigenvalue weighted by atomic mass is 10.0. The number of esters is 1. The maximum atomic E-state index is 12.8. The monoisotopic (exact) mass is 448 g/mol. The predicted octanol–water partition coefficient (Wildman–Crippen LogP) is 6.20. The van der Waals surface area contributed by atoms with Crippen molar-refractivity contribution in [2.45, 2.75) is 0 Å². The molecule has 0 spiro atoms. The molecule has 0 saturated heterocycles. The maximum absolute atomic E-state index is 12.8. The molecule has 0 amide bonds. The number of allylic oxidation sites excluding steroid dienone is 1.